The van der Waals surface area contributed by atoms with Gasteiger partial charge in [0.1, 0.15) is 5.82 Å². The maximum Gasteiger partial charge on any atom is 0.407 e. The second kappa shape index (κ2) is 9.38. The standard InChI is InChI=1S/C18H25FN2O5/c1-12-5-6-14(19)10-15(12)16(26-9-7-20-17(22)25-2)13-4-3-8-21(11-13)18(23)24/h5-6,10,13,16H,3-4,7-9,11H2,1-2H3,(H,20,22)(H,23,24). The van der Waals surface area contributed by atoms with Crippen LogP contribution in [0.5, 0.6) is 0 Å². The summed E-state index contributed by atoms with van der Waals surface area (Å²) in [6, 6.07) is 4.51. The number of piperidine rings is 1. The number of ether oxygens (including phenoxy) is 2. The molecule has 2 atom stereocenters. The van der Waals surface area contributed by atoms with Gasteiger partial charge in [-0.3, -0.25) is 0 Å². The van der Waals surface area contributed by atoms with Gasteiger partial charge in [0.2, 0.25) is 0 Å². The highest BCUT2D eigenvalue weighted by Crippen LogP contribution is 2.34. The summed E-state index contributed by atoms with van der Waals surface area (Å²) in [5.74, 6) is -0.448. The van der Waals surface area contributed by atoms with Crippen LogP contribution < -0.4 is 5.32 Å². The highest BCUT2D eigenvalue weighted by molar-refractivity contribution is 5.66. The third kappa shape index (κ3) is 5.32. The molecule has 1 aliphatic rings. The predicted octanol–water partition coefficient (Wildman–Crippen LogP) is 2.94. The van der Waals surface area contributed by atoms with Crippen molar-refractivity contribution in [1.29, 1.82) is 0 Å². The maximum absolute atomic E-state index is 13.8. The number of nitrogens with zero attached hydrogens (tertiary/aromatic N) is 1. The zero-order chi connectivity index (χ0) is 19.1. The molecular formula is C18H25FN2O5. The smallest absolute Gasteiger partial charge is 0.407 e. The molecule has 0 radical (unpaired) electrons. The molecule has 0 aromatic heterocycles. The second-order valence-electron chi connectivity index (χ2n) is 6.34. The van der Waals surface area contributed by atoms with Crippen LogP contribution in [0.4, 0.5) is 14.0 Å². The molecule has 2 unspecified atom stereocenters. The number of carbonyl (C=O) groups is 2. The van der Waals surface area contributed by atoms with Crippen molar-refractivity contribution < 1.29 is 28.6 Å². The number of carbonyl (C=O) groups excluding carboxylic acids is 1. The molecule has 1 aromatic rings. The number of amides is 2. The van der Waals surface area contributed by atoms with Crippen molar-refractivity contribution in [3.05, 3.63) is 35.1 Å². The Morgan fingerprint density at radius 1 is 1.46 bits per heavy atom. The molecule has 0 aliphatic carbocycles. The molecule has 7 nitrogen and oxygen atoms in total. The van der Waals surface area contributed by atoms with Crippen molar-refractivity contribution in [3.8, 4) is 0 Å². The Balaban J connectivity index is 2.14. The molecule has 1 aromatic carbocycles. The van der Waals surface area contributed by atoms with Crippen LogP contribution in [0.15, 0.2) is 18.2 Å². The van der Waals surface area contributed by atoms with E-state index in [1.165, 1.54) is 24.1 Å². The van der Waals surface area contributed by atoms with E-state index in [1.807, 2.05) is 6.92 Å². The van der Waals surface area contributed by atoms with Crippen LogP contribution in [0.1, 0.15) is 30.1 Å². The SMILES string of the molecule is COC(=O)NCCOC(c1cc(F)ccc1C)C1CCCN(C(=O)O)C1. The Morgan fingerprint density at radius 2 is 2.23 bits per heavy atom. The van der Waals surface area contributed by atoms with E-state index in [-0.39, 0.29) is 24.9 Å². The lowest BCUT2D eigenvalue weighted by Crippen LogP contribution is -2.41. The number of hydrogen-bond acceptors (Lipinski definition) is 4. The van der Waals surface area contributed by atoms with Gasteiger partial charge in [0.25, 0.3) is 0 Å². The predicted molar refractivity (Wildman–Crippen MR) is 92.6 cm³/mol. The number of methoxy groups -OCH3 is 1. The van der Waals surface area contributed by atoms with Gasteiger partial charge in [-0.05, 0) is 43.0 Å². The van der Waals surface area contributed by atoms with E-state index in [2.05, 4.69) is 10.1 Å². The number of aryl methyl sites for hydroxylation is 1. The molecule has 0 bridgehead atoms. The van der Waals surface area contributed by atoms with Gasteiger partial charge in [-0.2, -0.15) is 0 Å². The topological polar surface area (TPSA) is 88.1 Å². The molecule has 1 aliphatic heterocycles. The van der Waals surface area contributed by atoms with Crippen LogP contribution in [-0.4, -0.2) is 55.5 Å². The van der Waals surface area contributed by atoms with Crippen LogP contribution in [0, 0.1) is 18.7 Å². The van der Waals surface area contributed by atoms with E-state index in [4.69, 9.17) is 4.74 Å². The third-order valence-corrected chi connectivity index (χ3v) is 4.56. The minimum absolute atomic E-state index is 0.0847. The van der Waals surface area contributed by atoms with Crippen LogP contribution in [0.2, 0.25) is 0 Å². The molecule has 1 heterocycles. The fraction of sp³-hybridized carbons (Fsp3) is 0.556. The first-order chi connectivity index (χ1) is 12.4. The van der Waals surface area contributed by atoms with Gasteiger partial charge in [0.05, 0.1) is 19.8 Å². The summed E-state index contributed by atoms with van der Waals surface area (Å²) in [6.45, 7) is 3.15. The quantitative estimate of drug-likeness (QED) is 0.754. The van der Waals surface area contributed by atoms with E-state index in [9.17, 15) is 19.1 Å². The van der Waals surface area contributed by atoms with Crippen molar-refractivity contribution in [3.63, 3.8) is 0 Å². The molecule has 144 valence electrons. The highest BCUT2D eigenvalue weighted by atomic mass is 19.1. The molecule has 26 heavy (non-hydrogen) atoms. The molecule has 2 amide bonds. The van der Waals surface area contributed by atoms with Gasteiger partial charge in [-0.1, -0.05) is 6.07 Å². The van der Waals surface area contributed by atoms with Gasteiger partial charge < -0.3 is 24.8 Å². The summed E-state index contributed by atoms with van der Waals surface area (Å²) in [5, 5.41) is 11.8. The monoisotopic (exact) mass is 368 g/mol. The summed E-state index contributed by atoms with van der Waals surface area (Å²) in [5.41, 5.74) is 1.59. The minimum Gasteiger partial charge on any atom is -0.465 e. The highest BCUT2D eigenvalue weighted by Gasteiger charge is 2.32. The van der Waals surface area contributed by atoms with E-state index in [1.54, 1.807) is 6.07 Å². The molecule has 0 spiro atoms. The van der Waals surface area contributed by atoms with Crippen LogP contribution in [0.3, 0.4) is 0 Å². The molecule has 2 rings (SSSR count). The van der Waals surface area contributed by atoms with Gasteiger partial charge in [-0.25, -0.2) is 14.0 Å². The first-order valence-electron chi connectivity index (χ1n) is 8.59. The average Bonchev–Trinajstić information content (AvgIpc) is 2.64. The van der Waals surface area contributed by atoms with E-state index < -0.39 is 18.3 Å². The largest absolute Gasteiger partial charge is 0.465 e. The number of nitrogens with one attached hydrogen (secondary N) is 1. The van der Waals surface area contributed by atoms with Gasteiger partial charge in [0.15, 0.2) is 0 Å². The van der Waals surface area contributed by atoms with Crippen molar-refractivity contribution in [2.45, 2.75) is 25.9 Å². The summed E-state index contributed by atoms with van der Waals surface area (Å²) in [7, 11) is 1.28. The molecule has 1 fully saturated rings. The van der Waals surface area contributed by atoms with E-state index >= 15 is 0 Å². The molecule has 8 heteroatoms. The second-order valence-corrected chi connectivity index (χ2v) is 6.34. The average molecular weight is 368 g/mol. The van der Waals surface area contributed by atoms with Crippen LogP contribution in [-0.2, 0) is 9.47 Å². The van der Waals surface area contributed by atoms with E-state index in [0.717, 1.165) is 18.4 Å². The Morgan fingerprint density at radius 3 is 2.92 bits per heavy atom. The third-order valence-electron chi connectivity index (χ3n) is 4.56. The fourth-order valence-corrected chi connectivity index (χ4v) is 3.24. The minimum atomic E-state index is -0.961. The number of carboxylic acid groups (broad SMARTS) is 1. The van der Waals surface area contributed by atoms with Crippen molar-refractivity contribution >= 4 is 12.2 Å². The Bertz CT molecular complexity index is 640. The lowest BCUT2D eigenvalue weighted by molar-refractivity contribution is -0.0121. The number of halogens is 1. The fourth-order valence-electron chi connectivity index (χ4n) is 3.24. The van der Waals surface area contributed by atoms with Crippen molar-refractivity contribution in [2.24, 2.45) is 5.92 Å². The Kier molecular flexibility index (Phi) is 7.20. The van der Waals surface area contributed by atoms with Crippen LogP contribution >= 0.6 is 0 Å². The Hall–Kier alpha value is -2.35. The lowest BCUT2D eigenvalue weighted by Gasteiger charge is -2.36. The summed E-state index contributed by atoms with van der Waals surface area (Å²) in [4.78, 5) is 23.8. The molecular weight excluding hydrogens is 343 g/mol. The number of likely N-dealkylation sites (tertiary alicyclic amines) is 1. The summed E-state index contributed by atoms with van der Waals surface area (Å²) < 4.78 is 24.3. The number of hydrogen-bond donors (Lipinski definition) is 2. The number of alkyl carbamates (subject to hydrolysis) is 1. The first-order valence-corrected chi connectivity index (χ1v) is 8.59. The summed E-state index contributed by atoms with van der Waals surface area (Å²) in [6.07, 6.45) is -0.452. The zero-order valence-corrected chi connectivity index (χ0v) is 15.0. The molecule has 2 N–H and O–H groups in total. The van der Waals surface area contributed by atoms with Crippen molar-refractivity contribution in [2.75, 3.05) is 33.4 Å². The van der Waals surface area contributed by atoms with Gasteiger partial charge in [-0.15, -0.1) is 0 Å². The molecule has 0 saturated carbocycles. The van der Waals surface area contributed by atoms with Crippen molar-refractivity contribution in [1.82, 2.24) is 10.2 Å². The maximum atomic E-state index is 13.8. The van der Waals surface area contributed by atoms with Crippen LogP contribution in [0.25, 0.3) is 0 Å². The summed E-state index contributed by atoms with van der Waals surface area (Å²) >= 11 is 0. The van der Waals surface area contributed by atoms with E-state index in [0.29, 0.717) is 18.7 Å². The lowest BCUT2D eigenvalue weighted by atomic mass is 9.86. The number of benzene rings is 1. The van der Waals surface area contributed by atoms with Gasteiger partial charge >= 0.3 is 12.2 Å². The zero-order valence-electron chi connectivity index (χ0n) is 15.0. The first kappa shape index (κ1) is 20.0. The normalized spacial score (nSPS) is 18.3. The van der Waals surface area contributed by atoms with Gasteiger partial charge in [0, 0.05) is 25.6 Å². The Labute approximate surface area is 152 Å². The number of rotatable bonds is 6. The molecule has 1 saturated heterocycles.